The SMILES string of the molecule is CCc1nc(C2CCCCN2C(=O)C2CCCCO2)no1. The maximum absolute atomic E-state index is 12.7. The van der Waals surface area contributed by atoms with Crippen LogP contribution in [0.2, 0.25) is 0 Å². The molecular weight excluding hydrogens is 270 g/mol. The second kappa shape index (κ2) is 6.56. The Morgan fingerprint density at radius 2 is 2.14 bits per heavy atom. The van der Waals surface area contributed by atoms with Gasteiger partial charge in [-0.3, -0.25) is 4.79 Å². The van der Waals surface area contributed by atoms with Gasteiger partial charge in [-0.1, -0.05) is 12.1 Å². The number of ether oxygens (including phenoxy) is 1. The third-order valence-electron chi connectivity index (χ3n) is 4.33. The molecule has 3 heterocycles. The lowest BCUT2D eigenvalue weighted by atomic mass is 9.99. The molecule has 2 fully saturated rings. The highest BCUT2D eigenvalue weighted by atomic mass is 16.5. The maximum atomic E-state index is 12.7. The number of piperidine rings is 1. The Labute approximate surface area is 124 Å². The zero-order chi connectivity index (χ0) is 14.7. The van der Waals surface area contributed by atoms with Gasteiger partial charge in [0.15, 0.2) is 5.82 Å². The van der Waals surface area contributed by atoms with E-state index in [4.69, 9.17) is 9.26 Å². The number of carbonyl (C=O) groups excluding carboxylic acids is 1. The molecule has 1 aromatic heterocycles. The number of rotatable bonds is 3. The first-order valence-electron chi connectivity index (χ1n) is 8.04. The molecule has 0 spiro atoms. The van der Waals surface area contributed by atoms with Crippen LogP contribution in [0.15, 0.2) is 4.52 Å². The molecule has 0 N–H and O–H groups in total. The molecule has 2 saturated heterocycles. The van der Waals surface area contributed by atoms with Gasteiger partial charge in [0, 0.05) is 19.6 Å². The number of amides is 1. The third kappa shape index (κ3) is 3.10. The molecule has 6 nitrogen and oxygen atoms in total. The average Bonchev–Trinajstić information content (AvgIpc) is 3.04. The molecular formula is C15H23N3O3. The fraction of sp³-hybridized carbons (Fsp3) is 0.800. The monoisotopic (exact) mass is 293 g/mol. The number of hydrogen-bond donors (Lipinski definition) is 0. The molecule has 6 heteroatoms. The van der Waals surface area contributed by atoms with E-state index < -0.39 is 0 Å². The van der Waals surface area contributed by atoms with E-state index in [1.165, 1.54) is 0 Å². The molecule has 0 bridgehead atoms. The van der Waals surface area contributed by atoms with Crippen molar-refractivity contribution in [3.8, 4) is 0 Å². The summed E-state index contributed by atoms with van der Waals surface area (Å²) < 4.78 is 10.9. The highest BCUT2D eigenvalue weighted by molar-refractivity contribution is 5.81. The molecule has 3 rings (SSSR count). The van der Waals surface area contributed by atoms with Gasteiger partial charge in [-0.05, 0) is 38.5 Å². The van der Waals surface area contributed by atoms with Crippen molar-refractivity contribution in [1.82, 2.24) is 15.0 Å². The van der Waals surface area contributed by atoms with E-state index in [2.05, 4.69) is 10.1 Å². The number of likely N-dealkylation sites (tertiary alicyclic amines) is 1. The highest BCUT2D eigenvalue weighted by Gasteiger charge is 2.35. The van der Waals surface area contributed by atoms with Gasteiger partial charge in [-0.2, -0.15) is 4.98 Å². The third-order valence-corrected chi connectivity index (χ3v) is 4.33. The van der Waals surface area contributed by atoms with Crippen molar-refractivity contribution in [1.29, 1.82) is 0 Å². The lowest BCUT2D eigenvalue weighted by Crippen LogP contribution is -2.46. The lowest BCUT2D eigenvalue weighted by molar-refractivity contribution is -0.150. The molecule has 0 saturated carbocycles. The minimum atomic E-state index is -0.281. The minimum absolute atomic E-state index is 0.0548. The van der Waals surface area contributed by atoms with Gasteiger partial charge in [0.1, 0.15) is 6.10 Å². The summed E-state index contributed by atoms with van der Waals surface area (Å²) >= 11 is 0. The van der Waals surface area contributed by atoms with Crippen LogP contribution in [0.1, 0.15) is 63.2 Å². The summed E-state index contributed by atoms with van der Waals surface area (Å²) in [6.45, 7) is 3.44. The van der Waals surface area contributed by atoms with E-state index in [9.17, 15) is 4.79 Å². The average molecular weight is 293 g/mol. The molecule has 21 heavy (non-hydrogen) atoms. The van der Waals surface area contributed by atoms with Gasteiger partial charge in [0.25, 0.3) is 5.91 Å². The lowest BCUT2D eigenvalue weighted by Gasteiger charge is -2.36. The zero-order valence-corrected chi connectivity index (χ0v) is 12.6. The van der Waals surface area contributed by atoms with Crippen LogP contribution in [-0.4, -0.2) is 40.2 Å². The zero-order valence-electron chi connectivity index (χ0n) is 12.6. The Morgan fingerprint density at radius 3 is 2.86 bits per heavy atom. The van der Waals surface area contributed by atoms with E-state index in [1.54, 1.807) is 0 Å². The van der Waals surface area contributed by atoms with Crippen LogP contribution in [0, 0.1) is 0 Å². The Balaban J connectivity index is 1.75. The number of carbonyl (C=O) groups is 1. The van der Waals surface area contributed by atoms with Crippen LogP contribution in [0.3, 0.4) is 0 Å². The number of nitrogens with zero attached hydrogens (tertiary/aromatic N) is 3. The fourth-order valence-electron chi connectivity index (χ4n) is 3.13. The summed E-state index contributed by atoms with van der Waals surface area (Å²) in [5.41, 5.74) is 0. The first kappa shape index (κ1) is 14.5. The molecule has 2 unspecified atom stereocenters. The van der Waals surface area contributed by atoms with E-state index in [0.717, 1.165) is 51.5 Å². The number of aromatic nitrogens is 2. The normalized spacial score (nSPS) is 26.8. The predicted molar refractivity (Wildman–Crippen MR) is 75.6 cm³/mol. The summed E-state index contributed by atoms with van der Waals surface area (Å²) in [5.74, 6) is 1.38. The molecule has 0 radical (unpaired) electrons. The van der Waals surface area contributed by atoms with Crippen molar-refractivity contribution in [2.24, 2.45) is 0 Å². The molecule has 1 amide bonds. The van der Waals surface area contributed by atoms with Crippen molar-refractivity contribution >= 4 is 5.91 Å². The second-order valence-electron chi connectivity index (χ2n) is 5.80. The molecule has 116 valence electrons. The topological polar surface area (TPSA) is 68.5 Å². The van der Waals surface area contributed by atoms with Crippen molar-refractivity contribution in [2.45, 2.75) is 64.0 Å². The molecule has 2 aliphatic rings. The first-order chi connectivity index (χ1) is 10.3. The van der Waals surface area contributed by atoms with Gasteiger partial charge in [0.05, 0.1) is 6.04 Å². The van der Waals surface area contributed by atoms with Crippen LogP contribution in [0.4, 0.5) is 0 Å². The van der Waals surface area contributed by atoms with Gasteiger partial charge in [0.2, 0.25) is 5.89 Å². The summed E-state index contributed by atoms with van der Waals surface area (Å²) in [6, 6.07) is -0.0548. The van der Waals surface area contributed by atoms with E-state index in [1.807, 2.05) is 11.8 Å². The van der Waals surface area contributed by atoms with Gasteiger partial charge in [-0.25, -0.2) is 0 Å². The van der Waals surface area contributed by atoms with Crippen molar-refractivity contribution < 1.29 is 14.1 Å². The quantitative estimate of drug-likeness (QED) is 0.855. The molecule has 2 aliphatic heterocycles. The fourth-order valence-corrected chi connectivity index (χ4v) is 3.13. The van der Waals surface area contributed by atoms with Crippen molar-refractivity contribution in [3.63, 3.8) is 0 Å². The summed E-state index contributed by atoms with van der Waals surface area (Å²) in [5, 5.41) is 4.07. The summed E-state index contributed by atoms with van der Waals surface area (Å²) in [4.78, 5) is 19.1. The number of hydrogen-bond acceptors (Lipinski definition) is 5. The minimum Gasteiger partial charge on any atom is -0.368 e. The largest absolute Gasteiger partial charge is 0.368 e. The highest BCUT2D eigenvalue weighted by Crippen LogP contribution is 2.31. The predicted octanol–water partition coefficient (Wildman–Crippen LogP) is 2.25. The standard InChI is InChI=1S/C15H23N3O3/c1-2-13-16-14(17-21-13)11-7-3-5-9-18(11)15(19)12-8-4-6-10-20-12/h11-12H,2-10H2,1H3. The smallest absolute Gasteiger partial charge is 0.252 e. The van der Waals surface area contributed by atoms with E-state index in [0.29, 0.717) is 18.3 Å². The summed E-state index contributed by atoms with van der Waals surface area (Å²) in [7, 11) is 0. The van der Waals surface area contributed by atoms with E-state index >= 15 is 0 Å². The Bertz CT molecular complexity index is 482. The van der Waals surface area contributed by atoms with Crippen LogP contribution < -0.4 is 0 Å². The van der Waals surface area contributed by atoms with Crippen LogP contribution in [0.25, 0.3) is 0 Å². The Hall–Kier alpha value is -1.43. The van der Waals surface area contributed by atoms with Gasteiger partial charge < -0.3 is 14.2 Å². The molecule has 0 aromatic carbocycles. The maximum Gasteiger partial charge on any atom is 0.252 e. The first-order valence-corrected chi connectivity index (χ1v) is 8.04. The van der Waals surface area contributed by atoms with Crippen molar-refractivity contribution in [3.05, 3.63) is 11.7 Å². The van der Waals surface area contributed by atoms with Crippen LogP contribution in [-0.2, 0) is 16.0 Å². The number of aryl methyl sites for hydroxylation is 1. The molecule has 0 aliphatic carbocycles. The summed E-state index contributed by atoms with van der Waals surface area (Å²) in [6.07, 6.45) is 6.42. The van der Waals surface area contributed by atoms with E-state index in [-0.39, 0.29) is 18.1 Å². The van der Waals surface area contributed by atoms with Crippen molar-refractivity contribution in [2.75, 3.05) is 13.2 Å². The molecule has 1 aromatic rings. The van der Waals surface area contributed by atoms with Crippen LogP contribution >= 0.6 is 0 Å². The van der Waals surface area contributed by atoms with Gasteiger partial charge in [-0.15, -0.1) is 0 Å². The molecule has 2 atom stereocenters. The Morgan fingerprint density at radius 1 is 1.29 bits per heavy atom. The van der Waals surface area contributed by atoms with Crippen LogP contribution in [0.5, 0.6) is 0 Å². The Kier molecular flexibility index (Phi) is 4.53. The van der Waals surface area contributed by atoms with Gasteiger partial charge >= 0.3 is 0 Å². The second-order valence-corrected chi connectivity index (χ2v) is 5.80.